The Kier molecular flexibility index (Phi) is 4.45. The van der Waals surface area contributed by atoms with Gasteiger partial charge in [-0.1, -0.05) is 6.07 Å². The second kappa shape index (κ2) is 6.67. The lowest BCUT2D eigenvalue weighted by Crippen LogP contribution is -2.25. The van der Waals surface area contributed by atoms with Gasteiger partial charge in [-0.15, -0.1) is 11.3 Å². The number of thiophene rings is 1. The van der Waals surface area contributed by atoms with E-state index in [9.17, 15) is 4.79 Å². The number of nitrogens with two attached hydrogens (primary N) is 1. The highest BCUT2D eigenvalue weighted by molar-refractivity contribution is 7.10. The molecule has 5 nitrogen and oxygen atoms in total. The molecule has 0 aliphatic heterocycles. The Morgan fingerprint density at radius 3 is 2.82 bits per heavy atom. The predicted molar refractivity (Wildman–Crippen MR) is 90.1 cm³/mol. The van der Waals surface area contributed by atoms with Crippen LogP contribution in [0, 0.1) is 0 Å². The Bertz CT molecular complexity index is 753. The topological polar surface area (TPSA) is 80.9 Å². The summed E-state index contributed by atoms with van der Waals surface area (Å²) in [5.41, 5.74) is 7.99. The Labute approximate surface area is 136 Å². The van der Waals surface area contributed by atoms with E-state index in [1.807, 2.05) is 23.6 Å². The summed E-state index contributed by atoms with van der Waals surface area (Å²) in [6.07, 6.45) is 4.17. The van der Waals surface area contributed by atoms with Crippen molar-refractivity contribution >= 4 is 34.5 Å². The van der Waals surface area contributed by atoms with E-state index in [1.165, 1.54) is 4.88 Å². The second-order valence-corrected chi connectivity index (χ2v) is 6.40. The molecule has 3 aromatic heterocycles. The first-order valence-corrected chi connectivity index (χ1v) is 8.37. The van der Waals surface area contributed by atoms with Crippen LogP contribution in [0.5, 0.6) is 0 Å². The fraction of sp³-hybridized carbons (Fsp3) is 0.133. The first kappa shape index (κ1) is 14.7. The maximum atomic E-state index is 12.2. The standard InChI is InChI=1S/C15H14N4OS2/c16-12-13(10-3-6-17-7-4-10)19-22-14(12)15(20)18-8-5-11-2-1-9-21-11/h1-4,6-7,9H,5,8,16H2,(H,18,20). The molecule has 1 amide bonds. The van der Waals surface area contributed by atoms with Gasteiger partial charge in [0.2, 0.25) is 0 Å². The number of hydrogen-bond donors (Lipinski definition) is 2. The van der Waals surface area contributed by atoms with E-state index in [2.05, 4.69) is 20.7 Å². The van der Waals surface area contributed by atoms with Gasteiger partial charge in [0.05, 0.1) is 5.69 Å². The summed E-state index contributed by atoms with van der Waals surface area (Å²) in [5.74, 6) is -0.174. The molecule has 0 saturated heterocycles. The fourth-order valence-electron chi connectivity index (χ4n) is 2.01. The van der Waals surface area contributed by atoms with E-state index < -0.39 is 0 Å². The van der Waals surface area contributed by atoms with Crippen molar-refractivity contribution in [2.45, 2.75) is 6.42 Å². The summed E-state index contributed by atoms with van der Waals surface area (Å²) in [6.45, 7) is 0.585. The maximum absolute atomic E-state index is 12.2. The second-order valence-electron chi connectivity index (χ2n) is 4.60. The lowest BCUT2D eigenvalue weighted by molar-refractivity contribution is 0.0959. The number of pyridine rings is 1. The molecule has 0 fully saturated rings. The number of nitrogens with zero attached hydrogens (tertiary/aromatic N) is 2. The lowest BCUT2D eigenvalue weighted by Gasteiger charge is -2.03. The maximum Gasteiger partial charge on any atom is 0.265 e. The zero-order chi connectivity index (χ0) is 15.4. The van der Waals surface area contributed by atoms with Gasteiger partial charge in [0.1, 0.15) is 10.6 Å². The van der Waals surface area contributed by atoms with Gasteiger partial charge in [0.25, 0.3) is 5.91 Å². The molecule has 0 bridgehead atoms. The molecule has 3 heterocycles. The number of carbonyl (C=O) groups is 1. The molecule has 112 valence electrons. The van der Waals surface area contributed by atoms with E-state index in [4.69, 9.17) is 5.73 Å². The van der Waals surface area contributed by atoms with Crippen LogP contribution in [0.3, 0.4) is 0 Å². The number of rotatable bonds is 5. The molecule has 0 aliphatic rings. The molecule has 0 spiro atoms. The Hall–Kier alpha value is -2.25. The van der Waals surface area contributed by atoms with Crippen LogP contribution in [0.15, 0.2) is 42.0 Å². The van der Waals surface area contributed by atoms with Crippen LogP contribution in [0.25, 0.3) is 11.3 Å². The molecular weight excluding hydrogens is 316 g/mol. The van der Waals surface area contributed by atoms with Crippen LogP contribution in [-0.2, 0) is 6.42 Å². The van der Waals surface area contributed by atoms with Gasteiger partial charge in [0, 0.05) is 29.4 Å². The van der Waals surface area contributed by atoms with Crippen LogP contribution in [0.4, 0.5) is 5.69 Å². The third kappa shape index (κ3) is 3.15. The van der Waals surface area contributed by atoms with Crippen molar-refractivity contribution in [3.63, 3.8) is 0 Å². The number of aromatic nitrogens is 2. The van der Waals surface area contributed by atoms with E-state index in [0.717, 1.165) is 23.5 Å². The molecule has 0 aliphatic carbocycles. The van der Waals surface area contributed by atoms with E-state index in [-0.39, 0.29) is 5.91 Å². The average Bonchev–Trinajstić information content (AvgIpc) is 3.18. The predicted octanol–water partition coefficient (Wildman–Crippen LogP) is 2.82. The Morgan fingerprint density at radius 2 is 2.09 bits per heavy atom. The molecule has 3 aromatic rings. The summed E-state index contributed by atoms with van der Waals surface area (Å²) < 4.78 is 4.30. The normalized spacial score (nSPS) is 10.5. The molecule has 0 radical (unpaired) electrons. The van der Waals surface area contributed by atoms with Gasteiger partial charge >= 0.3 is 0 Å². The zero-order valence-electron chi connectivity index (χ0n) is 11.7. The minimum absolute atomic E-state index is 0.174. The van der Waals surface area contributed by atoms with Crippen LogP contribution in [-0.4, -0.2) is 21.8 Å². The minimum atomic E-state index is -0.174. The molecule has 0 unspecified atom stereocenters. The first-order chi connectivity index (χ1) is 10.8. The highest BCUT2D eigenvalue weighted by Crippen LogP contribution is 2.30. The Balaban J connectivity index is 1.67. The van der Waals surface area contributed by atoms with E-state index >= 15 is 0 Å². The van der Waals surface area contributed by atoms with Crippen molar-refractivity contribution < 1.29 is 4.79 Å². The number of carbonyl (C=O) groups excluding carboxylic acids is 1. The quantitative estimate of drug-likeness (QED) is 0.754. The number of nitrogens with one attached hydrogen (secondary N) is 1. The monoisotopic (exact) mass is 330 g/mol. The summed E-state index contributed by atoms with van der Waals surface area (Å²) in [6, 6.07) is 7.71. The summed E-state index contributed by atoms with van der Waals surface area (Å²) in [5, 5.41) is 4.92. The third-order valence-corrected chi connectivity index (χ3v) is 4.92. The van der Waals surface area contributed by atoms with Gasteiger partial charge in [0.15, 0.2) is 0 Å². The fourth-order valence-corrected chi connectivity index (χ4v) is 3.46. The molecule has 3 rings (SSSR count). The van der Waals surface area contributed by atoms with E-state index in [0.29, 0.717) is 22.8 Å². The lowest BCUT2D eigenvalue weighted by atomic mass is 10.1. The Morgan fingerprint density at radius 1 is 1.27 bits per heavy atom. The van der Waals surface area contributed by atoms with Crippen molar-refractivity contribution in [3.05, 3.63) is 51.8 Å². The van der Waals surface area contributed by atoms with Crippen LogP contribution in [0.1, 0.15) is 14.5 Å². The van der Waals surface area contributed by atoms with E-state index in [1.54, 1.807) is 23.7 Å². The van der Waals surface area contributed by atoms with Gasteiger partial charge < -0.3 is 11.1 Å². The van der Waals surface area contributed by atoms with Gasteiger partial charge in [-0.3, -0.25) is 9.78 Å². The number of hydrogen-bond acceptors (Lipinski definition) is 6. The van der Waals surface area contributed by atoms with Crippen molar-refractivity contribution in [3.8, 4) is 11.3 Å². The van der Waals surface area contributed by atoms with Crippen LogP contribution < -0.4 is 11.1 Å². The first-order valence-electron chi connectivity index (χ1n) is 6.72. The molecule has 0 aromatic carbocycles. The number of anilines is 1. The molecule has 3 N–H and O–H groups in total. The summed E-state index contributed by atoms with van der Waals surface area (Å²) >= 11 is 2.81. The molecule has 22 heavy (non-hydrogen) atoms. The largest absolute Gasteiger partial charge is 0.396 e. The number of nitrogen functional groups attached to an aromatic ring is 1. The highest BCUT2D eigenvalue weighted by Gasteiger charge is 2.18. The zero-order valence-corrected chi connectivity index (χ0v) is 13.3. The molecule has 0 atom stereocenters. The van der Waals surface area contributed by atoms with Crippen LogP contribution >= 0.6 is 22.9 Å². The molecule has 0 saturated carbocycles. The van der Waals surface area contributed by atoms with Crippen molar-refractivity contribution in [2.24, 2.45) is 0 Å². The SMILES string of the molecule is Nc1c(-c2ccncc2)nsc1C(=O)NCCc1cccs1. The summed E-state index contributed by atoms with van der Waals surface area (Å²) in [4.78, 5) is 17.9. The smallest absolute Gasteiger partial charge is 0.265 e. The van der Waals surface area contributed by atoms with Gasteiger partial charge in [-0.05, 0) is 41.5 Å². The van der Waals surface area contributed by atoms with Crippen molar-refractivity contribution in [1.82, 2.24) is 14.7 Å². The highest BCUT2D eigenvalue weighted by atomic mass is 32.1. The minimum Gasteiger partial charge on any atom is -0.396 e. The molecular formula is C15H14N4OS2. The van der Waals surface area contributed by atoms with Crippen molar-refractivity contribution in [1.29, 1.82) is 0 Å². The summed E-state index contributed by atoms with van der Waals surface area (Å²) in [7, 11) is 0. The number of amides is 1. The average molecular weight is 330 g/mol. The third-order valence-electron chi connectivity index (χ3n) is 3.13. The van der Waals surface area contributed by atoms with Crippen LogP contribution in [0.2, 0.25) is 0 Å². The van der Waals surface area contributed by atoms with Crippen molar-refractivity contribution in [2.75, 3.05) is 12.3 Å². The van der Waals surface area contributed by atoms with Gasteiger partial charge in [-0.2, -0.15) is 4.37 Å². The van der Waals surface area contributed by atoms with Gasteiger partial charge in [-0.25, -0.2) is 0 Å². The molecule has 7 heteroatoms.